The van der Waals surface area contributed by atoms with E-state index in [1.165, 1.54) is 17.3 Å². The largest absolute Gasteiger partial charge is 0.369 e. The number of nitrogens with zero attached hydrogens (tertiary/aromatic N) is 4. The van der Waals surface area contributed by atoms with Crippen molar-refractivity contribution in [2.75, 3.05) is 19.7 Å². The predicted octanol–water partition coefficient (Wildman–Crippen LogP) is 3.43. The first-order valence-corrected chi connectivity index (χ1v) is 9.61. The van der Waals surface area contributed by atoms with Gasteiger partial charge in [-0.25, -0.2) is 4.39 Å². The van der Waals surface area contributed by atoms with E-state index in [2.05, 4.69) is 16.9 Å². The van der Waals surface area contributed by atoms with Crippen LogP contribution in [-0.4, -0.2) is 39.4 Å². The minimum absolute atomic E-state index is 0.0775. The maximum absolute atomic E-state index is 14.0. The van der Waals surface area contributed by atoms with Crippen molar-refractivity contribution in [2.24, 2.45) is 7.05 Å². The van der Waals surface area contributed by atoms with E-state index in [1.54, 1.807) is 12.1 Å². The number of hydrogen-bond acceptors (Lipinski definition) is 4. The first-order valence-electron chi connectivity index (χ1n) is 9.61. The molecule has 1 aliphatic heterocycles. The van der Waals surface area contributed by atoms with Gasteiger partial charge < -0.3 is 4.74 Å². The summed E-state index contributed by atoms with van der Waals surface area (Å²) < 4.78 is 21.9. The van der Waals surface area contributed by atoms with Gasteiger partial charge in [-0.05, 0) is 30.7 Å². The summed E-state index contributed by atoms with van der Waals surface area (Å²) in [7, 11) is 1.96. The van der Waals surface area contributed by atoms with E-state index in [-0.39, 0.29) is 11.9 Å². The fourth-order valence-corrected chi connectivity index (χ4v) is 3.58. The van der Waals surface area contributed by atoms with E-state index in [0.717, 1.165) is 31.0 Å². The normalized spacial score (nSPS) is 17.8. The molecule has 0 aliphatic carbocycles. The zero-order valence-corrected chi connectivity index (χ0v) is 16.3. The zero-order chi connectivity index (χ0) is 19.5. The lowest BCUT2D eigenvalue weighted by Gasteiger charge is -2.32. The third kappa shape index (κ3) is 4.13. The maximum Gasteiger partial charge on any atom is 0.126 e. The second-order valence-corrected chi connectivity index (χ2v) is 7.30. The molecule has 28 heavy (non-hydrogen) atoms. The maximum atomic E-state index is 14.0. The molecule has 0 radical (unpaired) electrons. The highest BCUT2D eigenvalue weighted by atomic mass is 19.1. The van der Waals surface area contributed by atoms with Gasteiger partial charge in [-0.1, -0.05) is 24.3 Å². The summed E-state index contributed by atoms with van der Waals surface area (Å²) in [4.78, 5) is 7.14. The molecule has 6 heteroatoms. The molecule has 146 valence electrons. The third-order valence-electron chi connectivity index (χ3n) is 5.37. The molecule has 0 spiro atoms. The van der Waals surface area contributed by atoms with Gasteiger partial charge in [0.15, 0.2) is 0 Å². The highest BCUT2D eigenvalue weighted by Crippen LogP contribution is 2.23. The highest BCUT2D eigenvalue weighted by molar-refractivity contribution is 5.25. The molecule has 0 N–H and O–H groups in total. The minimum atomic E-state index is -0.193. The van der Waals surface area contributed by atoms with Crippen molar-refractivity contribution >= 4 is 0 Å². The van der Waals surface area contributed by atoms with Gasteiger partial charge in [0.25, 0.3) is 0 Å². The molecule has 5 nitrogen and oxygen atoms in total. The summed E-state index contributed by atoms with van der Waals surface area (Å²) in [6, 6.07) is 12.8. The van der Waals surface area contributed by atoms with Crippen molar-refractivity contribution in [3.63, 3.8) is 0 Å². The molecule has 0 bridgehead atoms. The average molecular weight is 380 g/mol. The number of rotatable bonds is 5. The summed E-state index contributed by atoms with van der Waals surface area (Å²) in [5.74, 6) is -0.193. The van der Waals surface area contributed by atoms with Crippen LogP contribution in [0.3, 0.4) is 0 Å². The molecule has 4 rings (SSSR count). The van der Waals surface area contributed by atoms with Gasteiger partial charge in [-0.15, -0.1) is 0 Å². The SMILES string of the molecule is Cc1c(CN2CCO[C@@H](c3cccc(Cc4ccccc4F)n3)C2)cnn1C. The number of aromatic nitrogens is 3. The molecule has 3 heterocycles. The van der Waals surface area contributed by atoms with Crippen LogP contribution in [0.4, 0.5) is 4.39 Å². The van der Waals surface area contributed by atoms with Crippen molar-refractivity contribution < 1.29 is 9.13 Å². The lowest BCUT2D eigenvalue weighted by atomic mass is 10.1. The van der Waals surface area contributed by atoms with Crippen molar-refractivity contribution in [3.05, 3.63) is 82.7 Å². The molecule has 0 amide bonds. The van der Waals surface area contributed by atoms with Crippen LogP contribution in [0, 0.1) is 12.7 Å². The Morgan fingerprint density at radius 1 is 1.14 bits per heavy atom. The lowest BCUT2D eigenvalue weighted by molar-refractivity contribution is -0.0351. The number of morpholine rings is 1. The Bertz CT molecular complexity index is 955. The molecule has 3 aromatic rings. The number of pyridine rings is 1. The first-order chi connectivity index (χ1) is 13.6. The number of benzene rings is 1. The predicted molar refractivity (Wildman–Crippen MR) is 105 cm³/mol. The van der Waals surface area contributed by atoms with E-state index in [9.17, 15) is 4.39 Å². The van der Waals surface area contributed by atoms with Crippen molar-refractivity contribution in [2.45, 2.75) is 26.0 Å². The van der Waals surface area contributed by atoms with Gasteiger partial charge in [-0.3, -0.25) is 14.6 Å². The Morgan fingerprint density at radius 3 is 2.79 bits per heavy atom. The third-order valence-corrected chi connectivity index (χ3v) is 5.37. The zero-order valence-electron chi connectivity index (χ0n) is 16.3. The first kappa shape index (κ1) is 18.8. The quantitative estimate of drug-likeness (QED) is 0.680. The number of hydrogen-bond donors (Lipinski definition) is 0. The van der Waals surface area contributed by atoms with Gasteiger partial charge in [0, 0.05) is 50.1 Å². The van der Waals surface area contributed by atoms with Crippen molar-refractivity contribution in [1.29, 1.82) is 0 Å². The van der Waals surface area contributed by atoms with E-state index >= 15 is 0 Å². The van der Waals surface area contributed by atoms with Gasteiger partial charge in [0.2, 0.25) is 0 Å². The van der Waals surface area contributed by atoms with Gasteiger partial charge in [0.05, 0.1) is 18.5 Å². The van der Waals surface area contributed by atoms with Crippen LogP contribution in [0.15, 0.2) is 48.7 Å². The average Bonchev–Trinajstić information content (AvgIpc) is 3.02. The number of ether oxygens (including phenoxy) is 1. The van der Waals surface area contributed by atoms with Crippen LogP contribution >= 0.6 is 0 Å². The number of halogens is 1. The van der Waals surface area contributed by atoms with E-state index in [0.29, 0.717) is 18.6 Å². The molecule has 1 aromatic carbocycles. The van der Waals surface area contributed by atoms with Crippen LogP contribution < -0.4 is 0 Å². The van der Waals surface area contributed by atoms with Gasteiger partial charge in [0.1, 0.15) is 11.9 Å². The van der Waals surface area contributed by atoms with Crippen LogP contribution in [0.2, 0.25) is 0 Å². The Hall–Kier alpha value is -2.57. The fraction of sp³-hybridized carbons (Fsp3) is 0.364. The molecule has 0 unspecified atom stereocenters. The van der Waals surface area contributed by atoms with Crippen molar-refractivity contribution in [1.82, 2.24) is 19.7 Å². The Labute approximate surface area is 164 Å². The molecule has 1 atom stereocenters. The van der Waals surface area contributed by atoms with E-state index < -0.39 is 0 Å². The van der Waals surface area contributed by atoms with Crippen LogP contribution in [0.25, 0.3) is 0 Å². The number of aryl methyl sites for hydroxylation is 1. The lowest BCUT2D eigenvalue weighted by Crippen LogP contribution is -2.38. The standard InChI is InChI=1S/C22H25FN4O/c1-16-18(13-24-26(16)2)14-27-10-11-28-22(15-27)21-9-5-7-19(25-21)12-17-6-3-4-8-20(17)23/h3-9,13,22H,10-12,14-15H2,1-2H3/t22-/m1/s1. The van der Waals surface area contributed by atoms with Crippen LogP contribution in [0.5, 0.6) is 0 Å². The summed E-state index contributed by atoms with van der Waals surface area (Å²) in [6.45, 7) is 5.29. The summed E-state index contributed by atoms with van der Waals surface area (Å²) >= 11 is 0. The molecular formula is C22H25FN4O. The molecule has 1 fully saturated rings. The van der Waals surface area contributed by atoms with E-state index in [1.807, 2.05) is 42.2 Å². The van der Waals surface area contributed by atoms with Crippen LogP contribution in [-0.2, 0) is 24.8 Å². The topological polar surface area (TPSA) is 43.2 Å². The molecule has 1 saturated heterocycles. The Morgan fingerprint density at radius 2 is 2.00 bits per heavy atom. The highest BCUT2D eigenvalue weighted by Gasteiger charge is 2.24. The fourth-order valence-electron chi connectivity index (χ4n) is 3.58. The molecule has 1 aliphatic rings. The van der Waals surface area contributed by atoms with E-state index in [4.69, 9.17) is 9.72 Å². The minimum Gasteiger partial charge on any atom is -0.369 e. The second-order valence-electron chi connectivity index (χ2n) is 7.30. The molecule has 2 aromatic heterocycles. The van der Waals surface area contributed by atoms with Gasteiger partial charge >= 0.3 is 0 Å². The summed E-state index contributed by atoms with van der Waals surface area (Å²) in [5, 5.41) is 4.33. The Balaban J connectivity index is 1.46. The van der Waals surface area contributed by atoms with Crippen molar-refractivity contribution in [3.8, 4) is 0 Å². The second kappa shape index (κ2) is 8.20. The summed E-state index contributed by atoms with van der Waals surface area (Å²) in [5.41, 5.74) is 4.84. The Kier molecular flexibility index (Phi) is 5.50. The smallest absolute Gasteiger partial charge is 0.126 e. The van der Waals surface area contributed by atoms with Crippen LogP contribution in [0.1, 0.15) is 34.3 Å². The summed E-state index contributed by atoms with van der Waals surface area (Å²) in [6.07, 6.45) is 2.34. The molecular weight excluding hydrogens is 355 g/mol. The molecule has 0 saturated carbocycles. The van der Waals surface area contributed by atoms with Gasteiger partial charge in [-0.2, -0.15) is 5.10 Å². The monoisotopic (exact) mass is 380 g/mol.